The van der Waals surface area contributed by atoms with Crippen molar-refractivity contribution in [3.8, 4) is 5.75 Å². The lowest BCUT2D eigenvalue weighted by Gasteiger charge is -2.54. The third-order valence-electron chi connectivity index (χ3n) is 12.0. The Morgan fingerprint density at radius 1 is 0.930 bits per heavy atom. The molecular weight excluding hydrogens is 583 g/mol. The van der Waals surface area contributed by atoms with Crippen LogP contribution in [0.2, 0.25) is 0 Å². The largest absolute Gasteiger partial charge is 0.616 e. The van der Waals surface area contributed by atoms with Gasteiger partial charge in [-0.1, -0.05) is 56.3 Å². The molecule has 7 atom stereocenters. The summed E-state index contributed by atoms with van der Waals surface area (Å²) in [5, 5.41) is 21.4. The van der Waals surface area contributed by atoms with Gasteiger partial charge in [0.25, 0.3) is 0 Å². The normalized spacial score (nSPS) is 31.9. The van der Waals surface area contributed by atoms with Gasteiger partial charge in [0.1, 0.15) is 17.3 Å². The number of fused-ring (bicyclic) bond motifs is 6. The second-order valence-electron chi connectivity index (χ2n) is 14.4. The van der Waals surface area contributed by atoms with E-state index in [2.05, 4.69) is 13.0 Å². The first-order valence-electron chi connectivity index (χ1n) is 16.6. The summed E-state index contributed by atoms with van der Waals surface area (Å²) in [4.78, 5) is 0. The van der Waals surface area contributed by atoms with Gasteiger partial charge >= 0.3 is 12.1 Å². The smallest absolute Gasteiger partial charge is 0.453 e. The maximum absolute atomic E-state index is 13.0. The monoisotopic (exact) mass is 632 g/mol. The van der Waals surface area contributed by atoms with Crippen LogP contribution in [0, 0.1) is 28.6 Å². The summed E-state index contributed by atoms with van der Waals surface area (Å²) in [6, 6.07) is 5.97. The molecule has 0 aliphatic heterocycles. The molecule has 2 N–H and O–H groups in total. The summed E-state index contributed by atoms with van der Waals surface area (Å²) < 4.78 is 74.7. The number of aliphatic hydroxyl groups is 1. The fourth-order valence-electron chi connectivity index (χ4n) is 9.58. The van der Waals surface area contributed by atoms with Crippen molar-refractivity contribution in [2.45, 2.75) is 134 Å². The molecule has 1 aromatic carbocycles. The van der Waals surface area contributed by atoms with Gasteiger partial charge in [0.15, 0.2) is 0 Å². The summed E-state index contributed by atoms with van der Waals surface area (Å²) in [7, 11) is 0. The third kappa shape index (κ3) is 6.74. The van der Waals surface area contributed by atoms with Crippen molar-refractivity contribution >= 4 is 11.2 Å². The van der Waals surface area contributed by atoms with Gasteiger partial charge in [-0.3, -0.25) is 0 Å². The van der Waals surface area contributed by atoms with Gasteiger partial charge in [0.2, 0.25) is 0 Å². The molecule has 0 aromatic heterocycles. The minimum absolute atomic E-state index is 0.112. The molecular formula is C34H49F5O3S. The molecule has 3 saturated carbocycles. The lowest BCUT2D eigenvalue weighted by atomic mass is 9.50. The zero-order valence-electron chi connectivity index (χ0n) is 25.4. The zero-order valence-corrected chi connectivity index (χ0v) is 26.3. The average molecular weight is 633 g/mol. The molecule has 3 fully saturated rings. The van der Waals surface area contributed by atoms with Gasteiger partial charge in [-0.2, -0.15) is 22.0 Å². The Morgan fingerprint density at radius 2 is 1.58 bits per heavy atom. The molecule has 5 rings (SSSR count). The van der Waals surface area contributed by atoms with Crippen molar-refractivity contribution in [3.63, 3.8) is 0 Å². The van der Waals surface area contributed by atoms with Crippen LogP contribution in [-0.2, 0) is 17.6 Å². The summed E-state index contributed by atoms with van der Waals surface area (Å²) in [5.74, 6) is -1.90. The van der Waals surface area contributed by atoms with E-state index in [1.165, 1.54) is 36.8 Å². The van der Waals surface area contributed by atoms with E-state index in [4.69, 9.17) is 0 Å². The van der Waals surface area contributed by atoms with Gasteiger partial charge in [-0.15, -0.1) is 0 Å². The van der Waals surface area contributed by atoms with Gasteiger partial charge in [-0.25, -0.2) is 0 Å². The van der Waals surface area contributed by atoms with Gasteiger partial charge < -0.3 is 14.8 Å². The first-order chi connectivity index (χ1) is 20.3. The summed E-state index contributed by atoms with van der Waals surface area (Å²) in [6.45, 7) is 2.47. The van der Waals surface area contributed by atoms with E-state index in [-0.39, 0.29) is 22.7 Å². The Balaban J connectivity index is 1.03. The molecule has 4 aliphatic carbocycles. The van der Waals surface area contributed by atoms with Crippen molar-refractivity contribution in [3.05, 3.63) is 29.3 Å². The molecule has 3 nitrogen and oxygen atoms in total. The predicted octanol–water partition coefficient (Wildman–Crippen LogP) is 9.07. The molecule has 0 radical (unpaired) electrons. The lowest BCUT2D eigenvalue weighted by Crippen LogP contribution is -2.46. The zero-order chi connectivity index (χ0) is 31.0. The SMILES string of the molecule is C[C@]12CCC3c4ccc(O)cc4C[C@@H](CCCCCCCCC[S+]([O-])CCCC(F)(F)C(F)(F)F)C3C1C[C@@H](O)C21CC1. The van der Waals surface area contributed by atoms with Crippen LogP contribution in [0.1, 0.15) is 120 Å². The van der Waals surface area contributed by atoms with E-state index in [9.17, 15) is 36.7 Å². The Kier molecular flexibility index (Phi) is 10.1. The molecule has 0 bridgehead atoms. The van der Waals surface area contributed by atoms with Crippen LogP contribution in [0.4, 0.5) is 22.0 Å². The Labute approximate surface area is 256 Å². The second kappa shape index (κ2) is 13.0. The van der Waals surface area contributed by atoms with Crippen LogP contribution in [0.25, 0.3) is 0 Å². The van der Waals surface area contributed by atoms with Crippen LogP contribution in [0.5, 0.6) is 5.75 Å². The first-order valence-corrected chi connectivity index (χ1v) is 18.1. The van der Waals surface area contributed by atoms with Gasteiger partial charge in [-0.05, 0) is 117 Å². The van der Waals surface area contributed by atoms with Gasteiger partial charge in [0, 0.05) is 11.8 Å². The highest BCUT2D eigenvalue weighted by Crippen LogP contribution is 2.76. The standard InChI is InChI=1S/C34H49F5O3S/c1-31-15-13-27-26-12-11-25(40)21-24(26)20-23(30(27)28(31)22-29(41)32(31)16-17-32)10-7-5-3-2-4-6-8-18-43(42)19-9-14-33(35,36)34(37,38)39/h11-12,21,23,27-30,40-41H,2-10,13-20,22H2,1H3/t23-,27?,28?,29-,30?,31+,43?/m1/s1. The number of unbranched alkanes of at least 4 members (excludes halogenated alkanes) is 6. The minimum atomic E-state index is -5.54. The molecule has 1 spiro atoms. The van der Waals surface area contributed by atoms with E-state index in [0.29, 0.717) is 41.6 Å². The molecule has 0 amide bonds. The number of halogens is 5. The van der Waals surface area contributed by atoms with Crippen LogP contribution >= 0.6 is 0 Å². The number of alkyl halides is 5. The number of rotatable bonds is 14. The molecule has 244 valence electrons. The fourth-order valence-corrected chi connectivity index (χ4v) is 10.8. The van der Waals surface area contributed by atoms with E-state index in [1.807, 2.05) is 12.1 Å². The van der Waals surface area contributed by atoms with E-state index in [0.717, 1.165) is 57.8 Å². The number of phenolic OH excluding ortho intramolecular Hbond substituents is 1. The topological polar surface area (TPSA) is 63.5 Å². The fraction of sp³-hybridized carbons (Fsp3) is 0.824. The number of benzene rings is 1. The number of hydrogen-bond acceptors (Lipinski definition) is 3. The van der Waals surface area contributed by atoms with Crippen LogP contribution < -0.4 is 0 Å². The Bertz CT molecular complexity index is 1090. The lowest BCUT2D eigenvalue weighted by molar-refractivity contribution is -0.284. The van der Waals surface area contributed by atoms with E-state index < -0.39 is 36.1 Å². The van der Waals surface area contributed by atoms with Crippen molar-refractivity contribution in [1.29, 1.82) is 0 Å². The Morgan fingerprint density at radius 3 is 2.26 bits per heavy atom. The highest BCUT2D eigenvalue weighted by molar-refractivity contribution is 7.91. The minimum Gasteiger partial charge on any atom is -0.616 e. The quantitative estimate of drug-likeness (QED) is 0.122. The summed E-state index contributed by atoms with van der Waals surface area (Å²) in [5.41, 5.74) is 3.11. The van der Waals surface area contributed by atoms with E-state index >= 15 is 0 Å². The first kappa shape index (κ1) is 33.3. The average Bonchev–Trinajstić information content (AvgIpc) is 3.72. The van der Waals surface area contributed by atoms with Crippen molar-refractivity contribution in [1.82, 2.24) is 0 Å². The van der Waals surface area contributed by atoms with Crippen molar-refractivity contribution in [2.75, 3.05) is 11.5 Å². The molecule has 0 heterocycles. The van der Waals surface area contributed by atoms with Crippen molar-refractivity contribution < 1.29 is 36.7 Å². The maximum Gasteiger partial charge on any atom is 0.453 e. The van der Waals surface area contributed by atoms with Crippen LogP contribution in [-0.4, -0.2) is 44.5 Å². The highest BCUT2D eigenvalue weighted by atomic mass is 32.2. The van der Waals surface area contributed by atoms with Gasteiger partial charge in [0.05, 0.1) is 6.10 Å². The highest BCUT2D eigenvalue weighted by Gasteiger charge is 2.71. The number of aromatic hydroxyl groups is 1. The molecule has 4 unspecified atom stereocenters. The maximum atomic E-state index is 13.0. The van der Waals surface area contributed by atoms with Crippen LogP contribution in [0.3, 0.4) is 0 Å². The van der Waals surface area contributed by atoms with Crippen LogP contribution in [0.15, 0.2) is 18.2 Å². The third-order valence-corrected chi connectivity index (χ3v) is 13.5. The number of phenols is 1. The predicted molar refractivity (Wildman–Crippen MR) is 160 cm³/mol. The number of hydrogen-bond donors (Lipinski definition) is 2. The molecule has 9 heteroatoms. The summed E-state index contributed by atoms with van der Waals surface area (Å²) in [6.07, 6.45) is 7.50. The second-order valence-corrected chi connectivity index (χ2v) is 16.1. The Hall–Kier alpha value is -1.06. The van der Waals surface area contributed by atoms with Crippen molar-refractivity contribution in [2.24, 2.45) is 28.6 Å². The summed E-state index contributed by atoms with van der Waals surface area (Å²) >= 11 is -1.36. The molecule has 0 saturated heterocycles. The molecule has 1 aromatic rings. The van der Waals surface area contributed by atoms with E-state index in [1.54, 1.807) is 0 Å². The molecule has 43 heavy (non-hydrogen) atoms. The molecule has 4 aliphatic rings. The number of aliphatic hydroxyl groups excluding tert-OH is 1.